The monoisotopic (exact) mass is 659 g/mol. The Labute approximate surface area is 285 Å². The summed E-state index contributed by atoms with van der Waals surface area (Å²) < 4.78 is 24.1. The number of ether oxygens (including phenoxy) is 1. The molecule has 6 rings (SSSR count). The lowest BCUT2D eigenvalue weighted by molar-refractivity contribution is 0.413. The number of nitrogens with one attached hydrogen (secondary N) is 1. The first-order valence-corrected chi connectivity index (χ1v) is 18.9. The van der Waals surface area contributed by atoms with Gasteiger partial charge in [0.15, 0.2) is 0 Å². The molecule has 5 aromatic carbocycles. The topological polar surface area (TPSA) is 38.3 Å². The van der Waals surface area contributed by atoms with E-state index in [1.54, 1.807) is 0 Å². The summed E-state index contributed by atoms with van der Waals surface area (Å²) in [4.78, 5) is 0. The van der Waals surface area contributed by atoms with Gasteiger partial charge in [0.25, 0.3) is 0 Å². The number of para-hydroxylation sites is 2. The molecule has 0 unspecified atom stereocenters. The fourth-order valence-corrected chi connectivity index (χ4v) is 9.52. The molecule has 0 spiro atoms. The molecule has 0 amide bonds. The molecule has 0 aromatic heterocycles. The lowest BCUT2D eigenvalue weighted by atomic mass is 9.74. The highest BCUT2D eigenvalue weighted by molar-refractivity contribution is 7.84. The fourth-order valence-electron chi connectivity index (χ4n) is 6.29. The van der Waals surface area contributed by atoms with Gasteiger partial charge in [-0.1, -0.05) is 156 Å². The lowest BCUT2D eigenvalue weighted by Gasteiger charge is -2.38. The van der Waals surface area contributed by atoms with Crippen LogP contribution in [0.15, 0.2) is 121 Å². The Kier molecular flexibility index (Phi) is 9.09. The Bertz CT molecular complexity index is 1850. The predicted molar refractivity (Wildman–Crippen MR) is 202 cm³/mol. The highest BCUT2D eigenvalue weighted by Gasteiger charge is 2.39. The summed E-state index contributed by atoms with van der Waals surface area (Å²) in [5, 5.41) is 3.75. The zero-order valence-corrected chi connectivity index (χ0v) is 30.5. The van der Waals surface area contributed by atoms with Crippen molar-refractivity contribution >= 4 is 34.8 Å². The molecule has 5 heteroatoms. The molecule has 0 fully saturated rings. The van der Waals surface area contributed by atoms with Gasteiger partial charge < -0.3 is 4.74 Å². The van der Waals surface area contributed by atoms with Crippen molar-refractivity contribution in [1.82, 2.24) is 4.72 Å². The minimum atomic E-state index is -1.32. The van der Waals surface area contributed by atoms with Crippen molar-refractivity contribution in [2.45, 2.75) is 77.0 Å². The van der Waals surface area contributed by atoms with Crippen LogP contribution in [-0.4, -0.2) is 8.96 Å². The maximum atomic E-state index is 13.8. The second-order valence-electron chi connectivity index (χ2n) is 14.9. The maximum Gasteiger partial charge on any atom is 0.139 e. The van der Waals surface area contributed by atoms with E-state index in [1.807, 2.05) is 20.8 Å². The SMILES string of the molecule is CC(C)(C)c1ccc([C@H](N[S@@](=O)C(C)(C)C)c2cccc3c2Oc2c(P(c4ccccc4)c4ccccc4)cccc2C3(C)C)cc1. The third kappa shape index (κ3) is 6.61. The van der Waals surface area contributed by atoms with Crippen molar-refractivity contribution in [1.29, 1.82) is 0 Å². The van der Waals surface area contributed by atoms with Crippen LogP contribution in [0.5, 0.6) is 11.5 Å². The summed E-state index contributed by atoms with van der Waals surface area (Å²) in [6, 6.07) is 43.1. The summed E-state index contributed by atoms with van der Waals surface area (Å²) in [6.45, 7) is 17.3. The average molecular weight is 660 g/mol. The first-order chi connectivity index (χ1) is 22.3. The van der Waals surface area contributed by atoms with Crippen LogP contribution in [0.4, 0.5) is 0 Å². The smallest absolute Gasteiger partial charge is 0.139 e. The molecule has 1 N–H and O–H groups in total. The normalized spacial score (nSPS) is 15.3. The molecular formula is C42H46NO2PS. The summed E-state index contributed by atoms with van der Waals surface area (Å²) in [5.41, 5.74) is 5.32. The third-order valence-electron chi connectivity index (χ3n) is 9.06. The second kappa shape index (κ2) is 12.8. The minimum Gasteiger partial charge on any atom is -0.456 e. The van der Waals surface area contributed by atoms with Gasteiger partial charge in [0, 0.05) is 27.4 Å². The van der Waals surface area contributed by atoms with Crippen molar-refractivity contribution in [3.63, 3.8) is 0 Å². The van der Waals surface area contributed by atoms with E-state index in [0.717, 1.165) is 28.2 Å². The van der Waals surface area contributed by atoms with Crippen molar-refractivity contribution in [2.24, 2.45) is 0 Å². The number of hydrogen-bond donors (Lipinski definition) is 1. The van der Waals surface area contributed by atoms with Crippen molar-refractivity contribution in [3.8, 4) is 11.5 Å². The largest absolute Gasteiger partial charge is 0.456 e. The van der Waals surface area contributed by atoms with Crippen LogP contribution in [0.25, 0.3) is 0 Å². The van der Waals surface area contributed by atoms with Gasteiger partial charge in [0.2, 0.25) is 0 Å². The van der Waals surface area contributed by atoms with Crippen LogP contribution in [0, 0.1) is 0 Å². The average Bonchev–Trinajstić information content (AvgIpc) is 3.04. The van der Waals surface area contributed by atoms with Crippen LogP contribution in [0.2, 0.25) is 0 Å². The van der Waals surface area contributed by atoms with Gasteiger partial charge in [0.05, 0.1) is 21.8 Å². The summed E-state index contributed by atoms with van der Waals surface area (Å²) in [6.07, 6.45) is 0. The molecule has 0 aliphatic carbocycles. The minimum absolute atomic E-state index is 0.0324. The van der Waals surface area contributed by atoms with Gasteiger partial charge >= 0.3 is 0 Å². The molecule has 2 atom stereocenters. The second-order valence-corrected chi connectivity index (χ2v) is 19.1. The van der Waals surface area contributed by atoms with Crippen molar-refractivity contribution < 1.29 is 8.95 Å². The summed E-state index contributed by atoms with van der Waals surface area (Å²) in [5.74, 6) is 1.77. The van der Waals surface area contributed by atoms with Gasteiger partial charge in [-0.25, -0.2) is 8.93 Å². The molecule has 1 aliphatic heterocycles. The van der Waals surface area contributed by atoms with Gasteiger partial charge in [-0.15, -0.1) is 0 Å². The van der Waals surface area contributed by atoms with E-state index in [0.29, 0.717) is 0 Å². The van der Waals surface area contributed by atoms with Crippen molar-refractivity contribution in [3.05, 3.63) is 149 Å². The lowest BCUT2D eigenvalue weighted by Crippen LogP contribution is -2.37. The molecule has 242 valence electrons. The summed E-state index contributed by atoms with van der Waals surface area (Å²) in [7, 11) is -2.21. The Morgan fingerprint density at radius 2 is 1.19 bits per heavy atom. The van der Waals surface area contributed by atoms with Crippen LogP contribution >= 0.6 is 7.92 Å². The molecule has 0 bridgehead atoms. The number of benzene rings is 5. The van der Waals surface area contributed by atoms with Crippen LogP contribution in [-0.2, 0) is 21.8 Å². The molecule has 0 saturated carbocycles. The van der Waals surface area contributed by atoms with Gasteiger partial charge in [-0.3, -0.25) is 0 Å². The first-order valence-electron chi connectivity index (χ1n) is 16.4. The Hall–Kier alpha value is -3.56. The van der Waals surface area contributed by atoms with Gasteiger partial charge in [-0.05, 0) is 55.8 Å². The summed E-state index contributed by atoms with van der Waals surface area (Å²) >= 11 is 0. The van der Waals surface area contributed by atoms with E-state index < -0.39 is 23.7 Å². The van der Waals surface area contributed by atoms with Crippen LogP contribution < -0.4 is 25.4 Å². The standard InChI is InChI=1S/C42H46NO2PS/c1-40(2,3)30-27-25-29(26-28-30)37(43-47(44)41(4,5)6)33-21-15-22-34-38(33)45-39-35(42(34,7)8)23-16-24-36(39)46(31-17-11-9-12-18-31)32-19-13-10-14-20-32/h9-28,37,43H,1-8H3/t37-,47-/m0/s1. The van der Waals surface area contributed by atoms with E-state index in [2.05, 4.69) is 161 Å². The van der Waals surface area contributed by atoms with E-state index >= 15 is 0 Å². The zero-order chi connectivity index (χ0) is 33.6. The Balaban J connectivity index is 1.54. The van der Waals surface area contributed by atoms with Crippen LogP contribution in [0.3, 0.4) is 0 Å². The first kappa shape index (κ1) is 33.3. The van der Waals surface area contributed by atoms with E-state index in [9.17, 15) is 4.21 Å². The molecular weight excluding hydrogens is 614 g/mol. The van der Waals surface area contributed by atoms with E-state index in [1.165, 1.54) is 27.0 Å². The molecule has 1 heterocycles. The quantitative estimate of drug-likeness (QED) is 0.177. The molecule has 0 radical (unpaired) electrons. The van der Waals surface area contributed by atoms with E-state index in [-0.39, 0.29) is 16.9 Å². The van der Waals surface area contributed by atoms with Gasteiger partial charge in [0.1, 0.15) is 11.5 Å². The molecule has 5 aromatic rings. The van der Waals surface area contributed by atoms with E-state index in [4.69, 9.17) is 4.74 Å². The molecule has 47 heavy (non-hydrogen) atoms. The maximum absolute atomic E-state index is 13.8. The predicted octanol–water partition coefficient (Wildman–Crippen LogP) is 9.32. The molecule has 1 aliphatic rings. The Morgan fingerprint density at radius 1 is 0.660 bits per heavy atom. The number of fused-ring (bicyclic) bond motifs is 2. The zero-order valence-electron chi connectivity index (χ0n) is 28.8. The highest BCUT2D eigenvalue weighted by Crippen LogP contribution is 2.52. The third-order valence-corrected chi connectivity index (χ3v) is 13.1. The van der Waals surface area contributed by atoms with Gasteiger partial charge in [-0.2, -0.15) is 0 Å². The fraction of sp³-hybridized carbons (Fsp3) is 0.286. The molecule has 3 nitrogen and oxygen atoms in total. The number of rotatable bonds is 7. The number of hydrogen-bond acceptors (Lipinski definition) is 2. The Morgan fingerprint density at radius 3 is 1.72 bits per heavy atom. The van der Waals surface area contributed by atoms with Crippen molar-refractivity contribution in [2.75, 3.05) is 0 Å². The molecule has 0 saturated heterocycles. The van der Waals surface area contributed by atoms with Crippen LogP contribution in [0.1, 0.15) is 89.2 Å². The highest BCUT2D eigenvalue weighted by atomic mass is 32.2.